The van der Waals surface area contributed by atoms with Gasteiger partial charge in [-0.3, -0.25) is 14.7 Å². The predicted molar refractivity (Wildman–Crippen MR) is 138 cm³/mol. The summed E-state index contributed by atoms with van der Waals surface area (Å²) in [5, 5.41) is 3.29. The summed E-state index contributed by atoms with van der Waals surface area (Å²) in [7, 11) is 2.14. The topological polar surface area (TPSA) is 81.4 Å². The van der Waals surface area contributed by atoms with Crippen LogP contribution in [0, 0.1) is 0 Å². The molecule has 2 fully saturated rings. The fraction of sp³-hybridized carbons (Fsp3) is 0.435. The van der Waals surface area contributed by atoms with Gasteiger partial charge in [-0.15, -0.1) is 24.8 Å². The van der Waals surface area contributed by atoms with Crippen molar-refractivity contribution in [1.29, 1.82) is 0 Å². The summed E-state index contributed by atoms with van der Waals surface area (Å²) in [5.74, 6) is 0.852. The molecule has 186 valence electrons. The van der Waals surface area contributed by atoms with E-state index >= 15 is 0 Å². The SMILES string of the molecule is CN1CCN(CCCCN2C(=O)NC(N=Cc3ccc(-c4ccc(Cl)cc4)o3)C2=O)CC1.Cl.Cl. The number of aliphatic imine (C=N–C) groups is 1. The van der Waals surface area contributed by atoms with Crippen LogP contribution in [0.1, 0.15) is 18.6 Å². The lowest BCUT2D eigenvalue weighted by Crippen LogP contribution is -2.44. The van der Waals surface area contributed by atoms with Gasteiger partial charge in [-0.25, -0.2) is 4.79 Å². The molecule has 1 aromatic heterocycles. The van der Waals surface area contributed by atoms with Crippen LogP contribution < -0.4 is 5.32 Å². The van der Waals surface area contributed by atoms with E-state index in [2.05, 4.69) is 27.2 Å². The Morgan fingerprint density at radius 2 is 1.71 bits per heavy atom. The molecule has 1 unspecified atom stereocenters. The van der Waals surface area contributed by atoms with Gasteiger partial charge in [-0.2, -0.15) is 0 Å². The fourth-order valence-corrected chi connectivity index (χ4v) is 3.96. The van der Waals surface area contributed by atoms with Crippen LogP contribution in [-0.4, -0.2) is 85.3 Å². The van der Waals surface area contributed by atoms with Gasteiger partial charge >= 0.3 is 6.03 Å². The second-order valence-corrected chi connectivity index (χ2v) is 8.62. The Bertz CT molecular complexity index is 974. The first-order valence-electron chi connectivity index (χ1n) is 10.9. The van der Waals surface area contributed by atoms with Crippen LogP contribution >= 0.6 is 36.4 Å². The number of benzene rings is 1. The molecule has 1 N–H and O–H groups in total. The number of unbranched alkanes of at least 4 members (excludes halogenated alkanes) is 1. The average molecular weight is 531 g/mol. The highest BCUT2D eigenvalue weighted by atomic mass is 35.5. The van der Waals surface area contributed by atoms with E-state index in [4.69, 9.17) is 16.0 Å². The van der Waals surface area contributed by atoms with Crippen LogP contribution in [-0.2, 0) is 4.79 Å². The highest BCUT2D eigenvalue weighted by molar-refractivity contribution is 6.30. The van der Waals surface area contributed by atoms with Gasteiger partial charge in [0.2, 0.25) is 6.17 Å². The number of nitrogens with zero attached hydrogens (tertiary/aromatic N) is 4. The summed E-state index contributed by atoms with van der Waals surface area (Å²) in [4.78, 5) is 35.1. The number of carbonyl (C=O) groups excluding carboxylic acids is 2. The third-order valence-corrected chi connectivity index (χ3v) is 6.07. The quantitative estimate of drug-likeness (QED) is 0.319. The Balaban J connectivity index is 0.00000204. The van der Waals surface area contributed by atoms with Gasteiger partial charge in [0.15, 0.2) is 0 Å². The maximum atomic E-state index is 12.6. The Morgan fingerprint density at radius 1 is 1.03 bits per heavy atom. The van der Waals surface area contributed by atoms with E-state index in [-0.39, 0.29) is 30.7 Å². The molecule has 34 heavy (non-hydrogen) atoms. The van der Waals surface area contributed by atoms with Gasteiger partial charge in [-0.05, 0) is 62.8 Å². The highest BCUT2D eigenvalue weighted by Gasteiger charge is 2.37. The van der Waals surface area contributed by atoms with Crippen molar-refractivity contribution in [2.24, 2.45) is 4.99 Å². The van der Waals surface area contributed by atoms with Gasteiger partial charge in [0.05, 0.1) is 6.21 Å². The minimum absolute atomic E-state index is 0. The molecule has 2 aromatic rings. The first kappa shape index (κ1) is 28.1. The normalized spacial score (nSPS) is 19.2. The average Bonchev–Trinajstić information content (AvgIpc) is 3.36. The van der Waals surface area contributed by atoms with E-state index < -0.39 is 12.2 Å². The third-order valence-electron chi connectivity index (χ3n) is 5.81. The lowest BCUT2D eigenvalue weighted by molar-refractivity contribution is -0.127. The van der Waals surface area contributed by atoms with Gasteiger partial charge < -0.3 is 19.5 Å². The summed E-state index contributed by atoms with van der Waals surface area (Å²) < 4.78 is 5.76. The second-order valence-electron chi connectivity index (χ2n) is 8.18. The number of nitrogens with one attached hydrogen (secondary N) is 1. The smallest absolute Gasteiger partial charge is 0.326 e. The number of likely N-dealkylation sites (N-methyl/N-ethyl adjacent to an activating group) is 1. The van der Waals surface area contributed by atoms with Crippen molar-refractivity contribution in [2.45, 2.75) is 19.0 Å². The summed E-state index contributed by atoms with van der Waals surface area (Å²) >= 11 is 5.92. The lowest BCUT2D eigenvalue weighted by Gasteiger charge is -2.32. The molecule has 0 bridgehead atoms. The largest absolute Gasteiger partial charge is 0.455 e. The molecular formula is C23H30Cl3N5O3. The molecule has 2 aliphatic heterocycles. The van der Waals surface area contributed by atoms with Crippen molar-refractivity contribution in [3.05, 3.63) is 47.2 Å². The summed E-state index contributed by atoms with van der Waals surface area (Å²) in [6.45, 7) is 5.72. The maximum absolute atomic E-state index is 12.6. The van der Waals surface area contributed by atoms with Crippen LogP contribution in [0.4, 0.5) is 4.79 Å². The minimum Gasteiger partial charge on any atom is -0.455 e. The van der Waals surface area contributed by atoms with Crippen molar-refractivity contribution >= 4 is 54.6 Å². The standard InChI is InChI=1S/C23H28ClN5O3.2ClH/c1-27-12-14-28(15-13-27)10-2-3-11-29-22(30)21(26-23(29)31)25-16-19-8-9-20(32-19)17-4-6-18(24)7-5-17;;/h4-9,16,21H,2-3,10-15H2,1H3,(H,26,31);2*1H. The van der Waals surface area contributed by atoms with Crippen molar-refractivity contribution in [3.8, 4) is 11.3 Å². The Morgan fingerprint density at radius 3 is 2.41 bits per heavy atom. The minimum atomic E-state index is -0.913. The van der Waals surface area contributed by atoms with Gasteiger partial charge in [0, 0.05) is 43.3 Å². The maximum Gasteiger partial charge on any atom is 0.326 e. The van der Waals surface area contributed by atoms with E-state index in [9.17, 15) is 9.59 Å². The van der Waals surface area contributed by atoms with Crippen LogP contribution in [0.15, 0.2) is 45.8 Å². The third kappa shape index (κ3) is 7.20. The Labute approximate surface area is 217 Å². The monoisotopic (exact) mass is 529 g/mol. The Hall–Kier alpha value is -2.10. The van der Waals surface area contributed by atoms with E-state index in [1.54, 1.807) is 18.2 Å². The summed E-state index contributed by atoms with van der Waals surface area (Å²) in [6, 6.07) is 10.5. The van der Waals surface area contributed by atoms with Crippen molar-refractivity contribution < 1.29 is 14.0 Å². The van der Waals surface area contributed by atoms with Crippen molar-refractivity contribution in [3.63, 3.8) is 0 Å². The number of rotatable bonds is 8. The predicted octanol–water partition coefficient (Wildman–Crippen LogP) is 3.77. The number of hydrogen-bond acceptors (Lipinski definition) is 6. The number of hydrogen-bond donors (Lipinski definition) is 1. The van der Waals surface area contributed by atoms with E-state index in [1.807, 2.05) is 18.2 Å². The van der Waals surface area contributed by atoms with E-state index in [0.717, 1.165) is 51.1 Å². The van der Waals surface area contributed by atoms with Crippen LogP contribution in [0.2, 0.25) is 5.02 Å². The Kier molecular flexibility index (Phi) is 10.9. The lowest BCUT2D eigenvalue weighted by atomic mass is 10.2. The second kappa shape index (κ2) is 13.1. The molecule has 8 nitrogen and oxygen atoms in total. The zero-order valence-corrected chi connectivity index (χ0v) is 21.4. The molecule has 4 rings (SSSR count). The molecule has 2 aliphatic rings. The number of carbonyl (C=O) groups is 2. The number of amides is 3. The van der Waals surface area contributed by atoms with E-state index in [1.165, 1.54) is 11.1 Å². The molecule has 3 heterocycles. The van der Waals surface area contributed by atoms with Crippen LogP contribution in [0.25, 0.3) is 11.3 Å². The highest BCUT2D eigenvalue weighted by Crippen LogP contribution is 2.23. The van der Waals surface area contributed by atoms with Gasteiger partial charge in [0.25, 0.3) is 5.91 Å². The molecular weight excluding hydrogens is 501 g/mol. The molecule has 1 aromatic carbocycles. The summed E-state index contributed by atoms with van der Waals surface area (Å²) in [5.41, 5.74) is 0.891. The number of imide groups is 1. The van der Waals surface area contributed by atoms with Crippen LogP contribution in [0.5, 0.6) is 0 Å². The molecule has 2 saturated heterocycles. The first-order chi connectivity index (χ1) is 15.5. The fourth-order valence-electron chi connectivity index (χ4n) is 3.83. The van der Waals surface area contributed by atoms with Gasteiger partial charge in [-0.1, -0.05) is 11.6 Å². The molecule has 3 amide bonds. The number of piperazine rings is 1. The van der Waals surface area contributed by atoms with Crippen molar-refractivity contribution in [2.75, 3.05) is 46.3 Å². The number of urea groups is 1. The number of furan rings is 1. The number of halogens is 3. The van der Waals surface area contributed by atoms with E-state index in [0.29, 0.717) is 23.1 Å². The summed E-state index contributed by atoms with van der Waals surface area (Å²) in [6.07, 6.45) is 2.29. The molecule has 0 radical (unpaired) electrons. The zero-order chi connectivity index (χ0) is 22.5. The molecule has 1 atom stereocenters. The molecule has 0 spiro atoms. The zero-order valence-electron chi connectivity index (χ0n) is 19.0. The molecule has 0 aliphatic carbocycles. The van der Waals surface area contributed by atoms with Crippen LogP contribution in [0.3, 0.4) is 0 Å². The first-order valence-corrected chi connectivity index (χ1v) is 11.3. The molecule has 11 heteroatoms. The van der Waals surface area contributed by atoms with Gasteiger partial charge in [0.1, 0.15) is 11.5 Å². The van der Waals surface area contributed by atoms with Crippen molar-refractivity contribution in [1.82, 2.24) is 20.0 Å². The molecule has 0 saturated carbocycles.